The summed E-state index contributed by atoms with van der Waals surface area (Å²) in [6.07, 6.45) is 1.16. The van der Waals surface area contributed by atoms with E-state index in [4.69, 9.17) is 0 Å². The van der Waals surface area contributed by atoms with Gasteiger partial charge in [0, 0.05) is 19.0 Å². The van der Waals surface area contributed by atoms with Gasteiger partial charge in [-0.05, 0) is 47.7 Å². The van der Waals surface area contributed by atoms with Crippen LogP contribution < -0.4 is 5.32 Å². The van der Waals surface area contributed by atoms with Crippen molar-refractivity contribution in [2.75, 3.05) is 6.54 Å². The first-order valence-electron chi connectivity index (χ1n) is 6.77. The van der Waals surface area contributed by atoms with Gasteiger partial charge < -0.3 is 5.32 Å². The Morgan fingerprint density at radius 3 is 2.89 bits per heavy atom. The van der Waals surface area contributed by atoms with Gasteiger partial charge in [0.25, 0.3) is 0 Å². The molecule has 19 heavy (non-hydrogen) atoms. The minimum absolute atomic E-state index is 0.156. The Morgan fingerprint density at radius 1 is 1.21 bits per heavy atom. The van der Waals surface area contributed by atoms with Crippen molar-refractivity contribution in [1.82, 2.24) is 5.32 Å². The Balaban J connectivity index is 1.56. The molecule has 1 aliphatic carbocycles. The monoisotopic (exact) mass is 255 g/mol. The van der Waals surface area contributed by atoms with Crippen LogP contribution in [0.1, 0.15) is 28.2 Å². The highest BCUT2D eigenvalue weighted by Crippen LogP contribution is 2.34. The van der Waals surface area contributed by atoms with Gasteiger partial charge in [-0.1, -0.05) is 30.3 Å². The van der Waals surface area contributed by atoms with Gasteiger partial charge in [-0.25, -0.2) is 4.39 Å². The van der Waals surface area contributed by atoms with Crippen molar-refractivity contribution in [2.24, 2.45) is 0 Å². The summed E-state index contributed by atoms with van der Waals surface area (Å²) < 4.78 is 13.2. The predicted molar refractivity (Wildman–Crippen MR) is 75.7 cm³/mol. The van der Waals surface area contributed by atoms with E-state index in [9.17, 15) is 4.39 Å². The third-order valence-electron chi connectivity index (χ3n) is 3.98. The van der Waals surface area contributed by atoms with Crippen molar-refractivity contribution in [3.05, 3.63) is 70.5 Å². The van der Waals surface area contributed by atoms with Crippen LogP contribution in [-0.4, -0.2) is 6.54 Å². The molecular formula is C17H18FN. The second kappa shape index (κ2) is 5.14. The Hall–Kier alpha value is -1.67. The van der Waals surface area contributed by atoms with Gasteiger partial charge in [0.15, 0.2) is 0 Å². The van der Waals surface area contributed by atoms with Gasteiger partial charge in [0.05, 0.1) is 0 Å². The van der Waals surface area contributed by atoms with E-state index in [-0.39, 0.29) is 5.82 Å². The maximum atomic E-state index is 13.2. The predicted octanol–water partition coefficient (Wildman–Crippen LogP) is 3.56. The van der Waals surface area contributed by atoms with Crippen molar-refractivity contribution in [2.45, 2.75) is 25.8 Å². The van der Waals surface area contributed by atoms with Crippen LogP contribution in [0.15, 0.2) is 42.5 Å². The second-order valence-electron chi connectivity index (χ2n) is 5.30. The molecule has 0 saturated heterocycles. The number of rotatable bonds is 4. The second-order valence-corrected chi connectivity index (χ2v) is 5.30. The maximum Gasteiger partial charge on any atom is 0.123 e. The molecule has 1 atom stereocenters. The molecular weight excluding hydrogens is 237 g/mol. The van der Waals surface area contributed by atoms with Crippen LogP contribution in [0.5, 0.6) is 0 Å². The van der Waals surface area contributed by atoms with Gasteiger partial charge in [-0.2, -0.15) is 0 Å². The van der Waals surface area contributed by atoms with Crippen molar-refractivity contribution < 1.29 is 4.39 Å². The molecule has 0 spiro atoms. The molecule has 2 aromatic rings. The number of nitrogens with one attached hydrogen (secondary N) is 1. The lowest BCUT2D eigenvalue weighted by Gasteiger charge is -2.30. The largest absolute Gasteiger partial charge is 0.312 e. The summed E-state index contributed by atoms with van der Waals surface area (Å²) in [4.78, 5) is 0. The molecule has 0 aromatic heterocycles. The fourth-order valence-electron chi connectivity index (χ4n) is 2.76. The number of benzene rings is 2. The number of hydrogen-bond donors (Lipinski definition) is 1. The van der Waals surface area contributed by atoms with Crippen LogP contribution in [0.25, 0.3) is 0 Å². The van der Waals surface area contributed by atoms with Crippen molar-refractivity contribution in [3.8, 4) is 0 Å². The fourth-order valence-corrected chi connectivity index (χ4v) is 2.76. The molecule has 2 aromatic carbocycles. The Morgan fingerprint density at radius 2 is 2.05 bits per heavy atom. The molecule has 98 valence electrons. The molecule has 0 fully saturated rings. The Labute approximate surface area is 113 Å². The topological polar surface area (TPSA) is 12.0 Å². The van der Waals surface area contributed by atoms with Crippen LogP contribution in [0, 0.1) is 12.7 Å². The standard InChI is InChI=1S/C17H18FN/c1-12-6-7-16(18)9-14(12)10-19-11-15-8-13-4-2-3-5-17(13)15/h2-7,9,15,19H,8,10-11H2,1H3. The molecule has 0 heterocycles. The molecule has 1 N–H and O–H groups in total. The minimum atomic E-state index is -0.156. The first-order valence-corrected chi connectivity index (χ1v) is 6.77. The molecule has 0 amide bonds. The summed E-state index contributed by atoms with van der Waals surface area (Å²) in [7, 11) is 0. The van der Waals surface area contributed by atoms with Crippen molar-refractivity contribution in [1.29, 1.82) is 0 Å². The lowest BCUT2D eigenvalue weighted by molar-refractivity contribution is 0.533. The minimum Gasteiger partial charge on any atom is -0.312 e. The number of aryl methyl sites for hydroxylation is 1. The average molecular weight is 255 g/mol. The highest BCUT2D eigenvalue weighted by molar-refractivity contribution is 5.40. The van der Waals surface area contributed by atoms with Crippen LogP contribution in [0.3, 0.4) is 0 Å². The average Bonchev–Trinajstić information content (AvgIpc) is 2.39. The summed E-state index contributed by atoms with van der Waals surface area (Å²) in [6, 6.07) is 13.6. The van der Waals surface area contributed by atoms with E-state index in [0.29, 0.717) is 5.92 Å². The van der Waals surface area contributed by atoms with Gasteiger partial charge in [-0.15, -0.1) is 0 Å². The Bertz CT molecular complexity index is 592. The van der Waals surface area contributed by atoms with Gasteiger partial charge in [0.2, 0.25) is 0 Å². The van der Waals surface area contributed by atoms with Gasteiger partial charge in [-0.3, -0.25) is 0 Å². The van der Waals surface area contributed by atoms with Crippen LogP contribution in [0.2, 0.25) is 0 Å². The summed E-state index contributed by atoms with van der Waals surface area (Å²) in [5.41, 5.74) is 5.12. The van der Waals surface area contributed by atoms with Crippen LogP contribution in [0.4, 0.5) is 4.39 Å². The van der Waals surface area contributed by atoms with Gasteiger partial charge in [0.1, 0.15) is 5.82 Å². The number of hydrogen-bond acceptors (Lipinski definition) is 1. The van der Waals surface area contributed by atoms with E-state index in [1.54, 1.807) is 6.07 Å². The van der Waals surface area contributed by atoms with E-state index in [1.807, 2.05) is 13.0 Å². The molecule has 0 bridgehead atoms. The zero-order valence-corrected chi connectivity index (χ0v) is 11.1. The van der Waals surface area contributed by atoms with Crippen molar-refractivity contribution >= 4 is 0 Å². The molecule has 0 saturated carbocycles. The summed E-state index contributed by atoms with van der Waals surface area (Å²) in [5.74, 6) is 0.460. The van der Waals surface area contributed by atoms with Gasteiger partial charge >= 0.3 is 0 Å². The molecule has 0 radical (unpaired) electrons. The van der Waals surface area contributed by atoms with Crippen molar-refractivity contribution in [3.63, 3.8) is 0 Å². The highest BCUT2D eigenvalue weighted by atomic mass is 19.1. The smallest absolute Gasteiger partial charge is 0.123 e. The molecule has 3 rings (SSSR count). The van der Waals surface area contributed by atoms with E-state index in [1.165, 1.54) is 17.2 Å². The molecule has 1 aliphatic rings. The van der Waals surface area contributed by atoms with Crippen LogP contribution >= 0.6 is 0 Å². The van der Waals surface area contributed by atoms with Crippen LogP contribution in [-0.2, 0) is 13.0 Å². The molecule has 0 aliphatic heterocycles. The number of fused-ring (bicyclic) bond motifs is 1. The molecule has 2 heteroatoms. The third-order valence-corrected chi connectivity index (χ3v) is 3.98. The normalized spacial score (nSPS) is 16.8. The quantitative estimate of drug-likeness (QED) is 0.880. The highest BCUT2D eigenvalue weighted by Gasteiger charge is 2.24. The van der Waals surface area contributed by atoms with E-state index in [2.05, 4.69) is 29.6 Å². The Kier molecular flexibility index (Phi) is 3.34. The zero-order chi connectivity index (χ0) is 13.2. The first-order chi connectivity index (χ1) is 9.24. The lowest BCUT2D eigenvalue weighted by Crippen LogP contribution is -2.29. The third kappa shape index (κ3) is 2.54. The number of halogens is 1. The maximum absolute atomic E-state index is 13.2. The zero-order valence-electron chi connectivity index (χ0n) is 11.1. The summed E-state index contributed by atoms with van der Waals surface area (Å²) in [5, 5.41) is 3.45. The van der Waals surface area contributed by atoms with E-state index in [0.717, 1.165) is 30.6 Å². The SMILES string of the molecule is Cc1ccc(F)cc1CNCC1Cc2ccccc21. The lowest BCUT2D eigenvalue weighted by atomic mass is 9.77. The molecule has 1 unspecified atom stereocenters. The van der Waals surface area contributed by atoms with E-state index < -0.39 is 0 Å². The first kappa shape index (κ1) is 12.4. The summed E-state index contributed by atoms with van der Waals surface area (Å²) >= 11 is 0. The summed E-state index contributed by atoms with van der Waals surface area (Å²) in [6.45, 7) is 3.73. The fraction of sp³-hybridized carbons (Fsp3) is 0.294. The molecule has 1 nitrogen and oxygen atoms in total. The van der Waals surface area contributed by atoms with E-state index >= 15 is 0 Å².